The zero-order valence-corrected chi connectivity index (χ0v) is 18.7. The predicted octanol–water partition coefficient (Wildman–Crippen LogP) is 4.16. The third-order valence-corrected chi connectivity index (χ3v) is 5.27. The molecule has 2 aromatic heterocycles. The van der Waals surface area contributed by atoms with Crippen LogP contribution in [0.1, 0.15) is 29.0 Å². The Morgan fingerprint density at radius 1 is 1.15 bits per heavy atom. The molecule has 9 nitrogen and oxygen atoms in total. The number of oxazole rings is 1. The van der Waals surface area contributed by atoms with Gasteiger partial charge in [0, 0.05) is 11.6 Å². The molecular weight excluding hydrogens is 470 g/mol. The molecule has 2 aromatic carbocycles. The first-order valence-corrected chi connectivity index (χ1v) is 11.7. The standard InChI is InChI=1S/C22H18F2N4O5S/c1-12(14-9-16(23)20(17(24)10-14)28-34(2,30)31)26-21(29)19-11-32-22(27-19)33-15-5-6-18-13(8-15)4-3-7-25-18/h3-12,28H,1-2H3,(H,26,29)/t12-/m1/s1. The average Bonchev–Trinajstić information content (AvgIpc) is 3.24. The topological polar surface area (TPSA) is 123 Å². The number of anilines is 1. The summed E-state index contributed by atoms with van der Waals surface area (Å²) < 4.78 is 63.6. The normalized spacial score (nSPS) is 12.4. The van der Waals surface area contributed by atoms with E-state index in [1.807, 2.05) is 6.07 Å². The summed E-state index contributed by atoms with van der Waals surface area (Å²) in [4.78, 5) is 20.7. The SMILES string of the molecule is C[C@@H](NC(=O)c1coc(Oc2ccc3ncccc3c2)n1)c1cc(F)c(NS(C)(=O)=O)c(F)c1. The van der Waals surface area contributed by atoms with Crippen LogP contribution in [0.5, 0.6) is 11.8 Å². The van der Waals surface area contributed by atoms with Crippen molar-refractivity contribution >= 4 is 32.5 Å². The summed E-state index contributed by atoms with van der Waals surface area (Å²) >= 11 is 0. The third-order valence-electron chi connectivity index (χ3n) is 4.69. The average molecular weight is 488 g/mol. The van der Waals surface area contributed by atoms with Crippen molar-refractivity contribution in [2.24, 2.45) is 0 Å². The maximum atomic E-state index is 14.2. The van der Waals surface area contributed by atoms with Crippen LogP contribution in [0, 0.1) is 11.6 Å². The molecule has 0 saturated carbocycles. The van der Waals surface area contributed by atoms with E-state index in [0.717, 1.165) is 35.6 Å². The molecule has 0 aliphatic heterocycles. The van der Waals surface area contributed by atoms with E-state index in [1.54, 1.807) is 35.2 Å². The van der Waals surface area contributed by atoms with Gasteiger partial charge < -0.3 is 14.5 Å². The van der Waals surface area contributed by atoms with Gasteiger partial charge in [0.2, 0.25) is 10.0 Å². The lowest BCUT2D eigenvalue weighted by atomic mass is 10.1. The number of carbonyl (C=O) groups is 1. The van der Waals surface area contributed by atoms with Crippen LogP contribution < -0.4 is 14.8 Å². The Hall–Kier alpha value is -4.06. The van der Waals surface area contributed by atoms with Gasteiger partial charge in [-0.15, -0.1) is 0 Å². The number of halogens is 2. The number of hydrogen-bond acceptors (Lipinski definition) is 7. The van der Waals surface area contributed by atoms with E-state index in [2.05, 4.69) is 15.3 Å². The van der Waals surface area contributed by atoms with Crippen LogP contribution >= 0.6 is 0 Å². The molecule has 0 saturated heterocycles. The highest BCUT2D eigenvalue weighted by Gasteiger charge is 2.20. The summed E-state index contributed by atoms with van der Waals surface area (Å²) in [6.07, 6.45) is 3.36. The fraction of sp³-hybridized carbons (Fsp3) is 0.136. The molecule has 2 heterocycles. The summed E-state index contributed by atoms with van der Waals surface area (Å²) in [6.45, 7) is 1.50. The van der Waals surface area contributed by atoms with Gasteiger partial charge >= 0.3 is 6.08 Å². The molecule has 34 heavy (non-hydrogen) atoms. The van der Waals surface area contributed by atoms with Crippen LogP contribution in [0.25, 0.3) is 10.9 Å². The Morgan fingerprint density at radius 2 is 1.88 bits per heavy atom. The van der Waals surface area contributed by atoms with Crippen molar-refractivity contribution in [1.29, 1.82) is 0 Å². The predicted molar refractivity (Wildman–Crippen MR) is 119 cm³/mol. The molecule has 1 amide bonds. The summed E-state index contributed by atoms with van der Waals surface area (Å²) in [7, 11) is -3.88. The number of amides is 1. The van der Waals surface area contributed by atoms with Crippen LogP contribution in [-0.4, -0.2) is 30.5 Å². The van der Waals surface area contributed by atoms with E-state index in [-0.39, 0.29) is 17.3 Å². The third kappa shape index (κ3) is 5.29. The van der Waals surface area contributed by atoms with E-state index in [9.17, 15) is 22.0 Å². The number of fused-ring (bicyclic) bond motifs is 1. The number of nitrogens with zero attached hydrogens (tertiary/aromatic N) is 2. The molecule has 0 unspecified atom stereocenters. The second-order valence-electron chi connectivity index (χ2n) is 7.39. The summed E-state index contributed by atoms with van der Waals surface area (Å²) in [5, 5.41) is 3.38. The molecule has 12 heteroatoms. The number of hydrogen-bond donors (Lipinski definition) is 2. The van der Waals surface area contributed by atoms with E-state index in [0.29, 0.717) is 5.75 Å². The van der Waals surface area contributed by atoms with Crippen molar-refractivity contribution in [1.82, 2.24) is 15.3 Å². The van der Waals surface area contributed by atoms with Gasteiger partial charge in [-0.25, -0.2) is 17.2 Å². The molecule has 0 spiro atoms. The Labute approximate surface area is 192 Å². The summed E-state index contributed by atoms with van der Waals surface area (Å²) in [6, 6.07) is 9.83. The van der Waals surface area contributed by atoms with Crippen molar-refractivity contribution in [3.63, 3.8) is 0 Å². The molecule has 4 rings (SSSR count). The molecule has 0 aliphatic rings. The van der Waals surface area contributed by atoms with Gasteiger partial charge in [0.1, 0.15) is 17.7 Å². The number of sulfonamides is 1. The Morgan fingerprint density at radius 3 is 2.59 bits per heavy atom. The minimum atomic E-state index is -3.88. The smallest absolute Gasteiger partial charge is 0.399 e. The van der Waals surface area contributed by atoms with Crippen molar-refractivity contribution in [3.05, 3.63) is 77.8 Å². The molecule has 4 aromatic rings. The molecule has 2 N–H and O–H groups in total. The molecule has 0 radical (unpaired) electrons. The first-order chi connectivity index (χ1) is 16.1. The lowest BCUT2D eigenvalue weighted by Gasteiger charge is -2.15. The Balaban J connectivity index is 1.45. The van der Waals surface area contributed by atoms with Crippen molar-refractivity contribution in [3.8, 4) is 11.8 Å². The van der Waals surface area contributed by atoms with Crippen molar-refractivity contribution in [2.75, 3.05) is 11.0 Å². The number of benzene rings is 2. The van der Waals surface area contributed by atoms with Crippen LogP contribution in [0.3, 0.4) is 0 Å². The number of aromatic nitrogens is 2. The van der Waals surface area contributed by atoms with Crippen molar-refractivity contribution < 1.29 is 31.1 Å². The fourth-order valence-corrected chi connectivity index (χ4v) is 3.67. The molecule has 0 fully saturated rings. The largest absolute Gasteiger partial charge is 0.416 e. The Kier molecular flexibility index (Phi) is 6.16. The van der Waals surface area contributed by atoms with E-state index >= 15 is 0 Å². The molecular formula is C22H18F2N4O5S. The van der Waals surface area contributed by atoms with Crippen LogP contribution in [0.2, 0.25) is 0 Å². The minimum Gasteiger partial charge on any atom is -0.416 e. The molecule has 176 valence electrons. The maximum Gasteiger partial charge on any atom is 0.399 e. The van der Waals surface area contributed by atoms with Gasteiger partial charge in [0.05, 0.1) is 17.8 Å². The summed E-state index contributed by atoms with van der Waals surface area (Å²) in [5.41, 5.74) is -0.0513. The fourth-order valence-electron chi connectivity index (χ4n) is 3.11. The first kappa shape index (κ1) is 23.1. The van der Waals surface area contributed by atoms with E-state index < -0.39 is 39.3 Å². The molecule has 1 atom stereocenters. The quantitative estimate of drug-likeness (QED) is 0.400. The lowest BCUT2D eigenvalue weighted by molar-refractivity contribution is 0.0934. The number of nitrogens with one attached hydrogen (secondary N) is 2. The molecule has 0 aliphatic carbocycles. The van der Waals surface area contributed by atoms with Gasteiger partial charge in [-0.3, -0.25) is 14.5 Å². The van der Waals surface area contributed by atoms with Gasteiger partial charge in [-0.2, -0.15) is 4.98 Å². The van der Waals surface area contributed by atoms with E-state index in [1.165, 1.54) is 6.92 Å². The number of carbonyl (C=O) groups excluding carboxylic acids is 1. The highest BCUT2D eigenvalue weighted by atomic mass is 32.2. The maximum absolute atomic E-state index is 14.2. The highest BCUT2D eigenvalue weighted by Crippen LogP contribution is 2.26. The second-order valence-corrected chi connectivity index (χ2v) is 9.14. The minimum absolute atomic E-state index is 0.0761. The van der Waals surface area contributed by atoms with Crippen LogP contribution in [0.15, 0.2) is 59.3 Å². The lowest BCUT2D eigenvalue weighted by Crippen LogP contribution is -2.27. The number of rotatable bonds is 7. The Bertz CT molecular complexity index is 1470. The van der Waals surface area contributed by atoms with E-state index in [4.69, 9.17) is 9.15 Å². The number of ether oxygens (including phenoxy) is 1. The number of pyridine rings is 1. The van der Waals surface area contributed by atoms with Gasteiger partial charge in [0.25, 0.3) is 5.91 Å². The zero-order chi connectivity index (χ0) is 24.5. The van der Waals surface area contributed by atoms with Gasteiger partial charge in [-0.05, 0) is 48.9 Å². The van der Waals surface area contributed by atoms with Gasteiger partial charge in [0.15, 0.2) is 17.3 Å². The molecule has 0 bridgehead atoms. The van der Waals surface area contributed by atoms with Crippen molar-refractivity contribution in [2.45, 2.75) is 13.0 Å². The van der Waals surface area contributed by atoms with Crippen LogP contribution in [-0.2, 0) is 10.0 Å². The van der Waals surface area contributed by atoms with Gasteiger partial charge in [-0.1, -0.05) is 6.07 Å². The monoisotopic (exact) mass is 488 g/mol. The second kappa shape index (κ2) is 9.06. The zero-order valence-electron chi connectivity index (χ0n) is 17.9. The van der Waals surface area contributed by atoms with Crippen LogP contribution in [0.4, 0.5) is 14.5 Å². The summed E-state index contributed by atoms with van der Waals surface area (Å²) in [5.74, 6) is -2.49. The first-order valence-electron chi connectivity index (χ1n) is 9.85. The highest BCUT2D eigenvalue weighted by molar-refractivity contribution is 7.92.